The molecule has 0 fully saturated rings. The minimum absolute atomic E-state index is 0.137. The molecule has 0 radical (unpaired) electrons. The molecule has 4 rings (SSSR count). The number of hydrogen-bond acceptors (Lipinski definition) is 7. The normalized spacial score (nSPS) is 19.9. The lowest BCUT2D eigenvalue weighted by Gasteiger charge is -2.31. The van der Waals surface area contributed by atoms with Crippen LogP contribution in [0.3, 0.4) is 0 Å². The maximum absolute atomic E-state index is 13.6. The van der Waals surface area contributed by atoms with Crippen molar-refractivity contribution in [2.45, 2.75) is 69.0 Å². The molecule has 0 saturated carbocycles. The molecule has 0 aliphatic carbocycles. The molecule has 2 aromatic rings. The molecule has 0 spiro atoms. The van der Waals surface area contributed by atoms with Gasteiger partial charge in [-0.1, -0.05) is 44.2 Å². The van der Waals surface area contributed by atoms with Gasteiger partial charge in [-0.2, -0.15) is 4.31 Å². The van der Waals surface area contributed by atoms with E-state index in [-0.39, 0.29) is 36.7 Å². The Morgan fingerprint density at radius 2 is 1.82 bits per heavy atom. The number of hydrogen-bond donors (Lipinski definition) is 4. The van der Waals surface area contributed by atoms with Crippen LogP contribution in [-0.2, 0) is 26.0 Å². The number of nitrogens with two attached hydrogens (primary N) is 1. The number of amides is 2. The fourth-order valence-electron chi connectivity index (χ4n) is 4.48. The number of benzene rings is 2. The molecule has 220 valence electrons. The van der Waals surface area contributed by atoms with E-state index in [9.17, 15) is 23.1 Å². The minimum atomic E-state index is -3.90. The Morgan fingerprint density at radius 1 is 1.12 bits per heavy atom. The van der Waals surface area contributed by atoms with Crippen molar-refractivity contribution in [3.63, 3.8) is 0 Å². The van der Waals surface area contributed by atoms with Gasteiger partial charge in [0.1, 0.15) is 5.75 Å². The molecule has 2 amide bonds. The second-order valence-electron chi connectivity index (χ2n) is 10.6. The summed E-state index contributed by atoms with van der Waals surface area (Å²) in [4.78, 5) is 25.2. The monoisotopic (exact) mass is 574 g/mol. The van der Waals surface area contributed by atoms with Gasteiger partial charge in [0.15, 0.2) is 0 Å². The molecular weight excluding hydrogens is 532 g/mol. The quantitative estimate of drug-likeness (QED) is 0.338. The first-order valence-electron chi connectivity index (χ1n) is 13.8. The van der Waals surface area contributed by atoms with E-state index >= 15 is 0 Å². The average molecular weight is 575 g/mol. The number of carbonyl (C=O) groups is 2. The fraction of sp³-hybridized carbons (Fsp3) is 0.517. The first-order chi connectivity index (χ1) is 19.1. The Labute approximate surface area is 237 Å². The molecule has 5 N–H and O–H groups in total. The lowest BCUT2D eigenvalue weighted by Crippen LogP contribution is -2.55. The van der Waals surface area contributed by atoms with E-state index in [4.69, 9.17) is 10.5 Å². The van der Waals surface area contributed by atoms with Crippen molar-refractivity contribution >= 4 is 21.8 Å². The molecular formula is C29H42N4O6S. The van der Waals surface area contributed by atoms with Gasteiger partial charge in [-0.15, -0.1) is 0 Å². The van der Waals surface area contributed by atoms with Gasteiger partial charge in [0.05, 0.1) is 36.1 Å². The lowest BCUT2D eigenvalue weighted by atomic mass is 10.00. The van der Waals surface area contributed by atoms with Crippen LogP contribution in [-0.4, -0.2) is 74.1 Å². The Morgan fingerprint density at radius 3 is 2.48 bits per heavy atom. The van der Waals surface area contributed by atoms with Crippen LogP contribution in [0.15, 0.2) is 59.5 Å². The van der Waals surface area contributed by atoms with Gasteiger partial charge in [0, 0.05) is 13.1 Å². The van der Waals surface area contributed by atoms with Gasteiger partial charge in [-0.25, -0.2) is 8.42 Å². The molecule has 10 nitrogen and oxygen atoms in total. The summed E-state index contributed by atoms with van der Waals surface area (Å²) in [7, 11) is -3.90. The summed E-state index contributed by atoms with van der Waals surface area (Å²) < 4.78 is 34.2. The first kappa shape index (κ1) is 31.5. The third-order valence-electron chi connectivity index (χ3n) is 6.85. The van der Waals surface area contributed by atoms with Crippen molar-refractivity contribution in [2.75, 3.05) is 26.2 Å². The van der Waals surface area contributed by atoms with E-state index in [0.717, 1.165) is 18.4 Å². The van der Waals surface area contributed by atoms with Crippen LogP contribution < -0.4 is 21.1 Å². The van der Waals surface area contributed by atoms with E-state index < -0.39 is 40.0 Å². The number of aliphatic hydroxyl groups is 1. The highest BCUT2D eigenvalue weighted by atomic mass is 32.2. The number of carbonyl (C=O) groups excluding carboxylic acids is 2. The van der Waals surface area contributed by atoms with Gasteiger partial charge >= 0.3 is 0 Å². The van der Waals surface area contributed by atoms with Crippen LogP contribution in [0.4, 0.5) is 0 Å². The van der Waals surface area contributed by atoms with Crippen molar-refractivity contribution in [1.82, 2.24) is 14.9 Å². The Bertz CT molecular complexity index is 1190. The number of sulfonamides is 1. The highest BCUT2D eigenvalue weighted by molar-refractivity contribution is 7.89. The van der Waals surface area contributed by atoms with Gasteiger partial charge in [0.2, 0.25) is 21.8 Å². The maximum atomic E-state index is 13.6. The molecule has 0 unspecified atom stereocenters. The number of ether oxygens (including phenoxy) is 1. The fourth-order valence-corrected chi connectivity index (χ4v) is 5.98. The van der Waals surface area contributed by atoms with Gasteiger partial charge < -0.3 is 26.2 Å². The number of aliphatic hydroxyl groups excluding tert-OH is 1. The molecule has 2 bridgehead atoms. The molecule has 2 heterocycles. The standard InChI is InChI=1S/C29H42N4O6S/c1-21(2)14-16-33(40(37,38)24-8-4-3-5-9-24)20-27(34)25-18-22-10-12-23(13-11-22)39-17-7-6-15-31-26(19-28(30)35)29(36)32-25/h3-5,8-13,21,25-27,31,34H,6-7,14-20H2,1-2H3,(H2,30,35)(H,32,36)/t25-,26-,27+/m0/s1. The summed E-state index contributed by atoms with van der Waals surface area (Å²) in [5.41, 5.74) is 6.24. The highest BCUT2D eigenvalue weighted by Gasteiger charge is 2.32. The van der Waals surface area contributed by atoms with Crippen LogP contribution in [0.5, 0.6) is 5.75 Å². The Hall–Kier alpha value is -2.99. The SMILES string of the molecule is CC(C)CCN(C[C@@H](O)[C@@H]1Cc2ccc(cc2)OCCCCN[C@@H](CC(N)=O)C(=O)N1)S(=O)(=O)c1ccccc1. The van der Waals surface area contributed by atoms with E-state index in [2.05, 4.69) is 10.6 Å². The number of fused-ring (bicyclic) bond motifs is 12. The zero-order valence-electron chi connectivity index (χ0n) is 23.3. The molecule has 2 aromatic carbocycles. The van der Waals surface area contributed by atoms with E-state index in [1.54, 1.807) is 18.2 Å². The average Bonchev–Trinajstić information content (AvgIpc) is 2.93. The van der Waals surface area contributed by atoms with E-state index in [0.29, 0.717) is 25.3 Å². The molecule has 11 heteroatoms. The van der Waals surface area contributed by atoms with Crippen LogP contribution >= 0.6 is 0 Å². The summed E-state index contributed by atoms with van der Waals surface area (Å²) >= 11 is 0. The van der Waals surface area contributed by atoms with E-state index in [1.807, 2.05) is 38.1 Å². The third-order valence-corrected chi connectivity index (χ3v) is 8.73. The minimum Gasteiger partial charge on any atom is -0.494 e. The molecule has 2 aliphatic heterocycles. The zero-order chi connectivity index (χ0) is 29.1. The smallest absolute Gasteiger partial charge is 0.243 e. The van der Waals surface area contributed by atoms with E-state index in [1.165, 1.54) is 16.4 Å². The Balaban J connectivity index is 1.90. The van der Waals surface area contributed by atoms with Gasteiger partial charge in [0.25, 0.3) is 0 Å². The lowest BCUT2D eigenvalue weighted by molar-refractivity contribution is -0.128. The van der Waals surface area contributed by atoms with Crippen molar-refractivity contribution in [1.29, 1.82) is 0 Å². The van der Waals surface area contributed by atoms with Crippen molar-refractivity contribution in [2.24, 2.45) is 11.7 Å². The Kier molecular flexibility index (Phi) is 11.9. The van der Waals surface area contributed by atoms with Crippen LogP contribution in [0.2, 0.25) is 0 Å². The molecule has 0 saturated heterocycles. The maximum Gasteiger partial charge on any atom is 0.243 e. The van der Waals surface area contributed by atoms with Crippen LogP contribution in [0.1, 0.15) is 45.1 Å². The first-order valence-corrected chi connectivity index (χ1v) is 15.3. The van der Waals surface area contributed by atoms with Crippen molar-refractivity contribution < 1.29 is 27.9 Å². The van der Waals surface area contributed by atoms with Crippen molar-refractivity contribution in [3.8, 4) is 5.75 Å². The number of rotatable bonds is 10. The number of nitrogens with zero attached hydrogens (tertiary/aromatic N) is 1. The number of primary amides is 1. The molecule has 3 atom stereocenters. The second kappa shape index (κ2) is 15.1. The summed E-state index contributed by atoms with van der Waals surface area (Å²) in [5.74, 6) is -0.154. The molecule has 2 aliphatic rings. The third kappa shape index (κ3) is 9.58. The van der Waals surface area contributed by atoms with Gasteiger partial charge in [-0.05, 0) is 68.0 Å². The highest BCUT2D eigenvalue weighted by Crippen LogP contribution is 2.20. The van der Waals surface area contributed by atoms with Crippen LogP contribution in [0.25, 0.3) is 0 Å². The summed E-state index contributed by atoms with van der Waals surface area (Å²) in [6, 6.07) is 13.8. The zero-order valence-corrected chi connectivity index (χ0v) is 24.1. The summed E-state index contributed by atoms with van der Waals surface area (Å²) in [6.07, 6.45) is 0.859. The summed E-state index contributed by atoms with van der Waals surface area (Å²) in [6.45, 7) is 4.98. The molecule has 40 heavy (non-hydrogen) atoms. The second-order valence-corrected chi connectivity index (χ2v) is 12.6. The summed E-state index contributed by atoms with van der Waals surface area (Å²) in [5, 5.41) is 17.4. The topological polar surface area (TPSA) is 151 Å². The molecule has 0 aromatic heterocycles. The number of nitrogens with one attached hydrogen (secondary N) is 2. The van der Waals surface area contributed by atoms with Gasteiger partial charge in [-0.3, -0.25) is 9.59 Å². The predicted octanol–water partition coefficient (Wildman–Crippen LogP) is 1.82. The largest absolute Gasteiger partial charge is 0.494 e. The predicted molar refractivity (Wildman–Crippen MR) is 153 cm³/mol. The van der Waals surface area contributed by atoms with Crippen LogP contribution in [0, 0.1) is 5.92 Å². The van der Waals surface area contributed by atoms with Crippen molar-refractivity contribution in [3.05, 3.63) is 60.2 Å².